The van der Waals surface area contributed by atoms with Gasteiger partial charge in [-0.1, -0.05) is 12.1 Å². The van der Waals surface area contributed by atoms with Crippen molar-refractivity contribution in [2.24, 2.45) is 16.8 Å². The van der Waals surface area contributed by atoms with Crippen LogP contribution in [0.2, 0.25) is 0 Å². The van der Waals surface area contributed by atoms with Gasteiger partial charge < -0.3 is 16.6 Å². The second-order valence-electron chi connectivity index (χ2n) is 7.45. The van der Waals surface area contributed by atoms with Crippen LogP contribution in [0.15, 0.2) is 58.7 Å². The predicted molar refractivity (Wildman–Crippen MR) is 121 cm³/mol. The zero-order chi connectivity index (χ0) is 24.2. The first-order valence-electron chi connectivity index (χ1n) is 10.00. The van der Waals surface area contributed by atoms with Crippen molar-refractivity contribution >= 4 is 17.3 Å². The third-order valence-corrected chi connectivity index (χ3v) is 5.13. The number of halogens is 3. The van der Waals surface area contributed by atoms with E-state index in [1.54, 1.807) is 26.0 Å². The average molecular weight is 459 g/mol. The summed E-state index contributed by atoms with van der Waals surface area (Å²) in [5, 5.41) is 6.44. The Kier molecular flexibility index (Phi) is 7.02. The topological polar surface area (TPSA) is 123 Å². The molecule has 2 aromatic carbocycles. The fraction of sp³-hybridized carbons (Fsp3) is 0.227. The maximum absolute atomic E-state index is 13.1. The van der Waals surface area contributed by atoms with Crippen molar-refractivity contribution in [3.8, 4) is 5.69 Å². The summed E-state index contributed by atoms with van der Waals surface area (Å²) in [6, 6.07) is 9.37. The average Bonchev–Trinajstić information content (AvgIpc) is 2.77. The minimum Gasteiger partial charge on any atom is -0.335 e. The number of nitrogens with two attached hydrogens (primary N) is 2. The number of amidine groups is 1. The van der Waals surface area contributed by atoms with Gasteiger partial charge in [0.25, 0.3) is 5.56 Å². The van der Waals surface area contributed by atoms with E-state index in [0.717, 1.165) is 17.7 Å². The number of alkyl halides is 3. The van der Waals surface area contributed by atoms with Gasteiger partial charge >= 0.3 is 6.18 Å². The Bertz CT molecular complexity index is 1190. The normalized spacial score (nSPS) is 12.0. The zero-order valence-corrected chi connectivity index (χ0v) is 18.1. The van der Waals surface area contributed by atoms with Crippen molar-refractivity contribution in [3.05, 3.63) is 81.4 Å². The molecule has 33 heavy (non-hydrogen) atoms. The molecular weight excluding hydrogens is 435 g/mol. The Balaban J connectivity index is 1.85. The highest BCUT2D eigenvalue weighted by Gasteiger charge is 2.31. The van der Waals surface area contributed by atoms with Crippen LogP contribution in [0.4, 0.5) is 24.7 Å². The third-order valence-electron chi connectivity index (χ3n) is 5.13. The number of rotatable bonds is 6. The molecule has 0 aliphatic heterocycles. The maximum Gasteiger partial charge on any atom is 0.416 e. The van der Waals surface area contributed by atoms with Gasteiger partial charge in [-0.2, -0.15) is 18.3 Å². The van der Waals surface area contributed by atoms with E-state index in [2.05, 4.69) is 20.8 Å². The summed E-state index contributed by atoms with van der Waals surface area (Å²) in [7, 11) is 0. The monoisotopic (exact) mass is 459 g/mol. The summed E-state index contributed by atoms with van der Waals surface area (Å²) in [6.07, 6.45) is -0.306. The van der Waals surface area contributed by atoms with E-state index in [0.29, 0.717) is 41.2 Å². The van der Waals surface area contributed by atoms with Crippen molar-refractivity contribution in [2.45, 2.75) is 32.9 Å². The number of aryl methyl sites for hydroxylation is 3. The minimum absolute atomic E-state index is 0.00496. The SMILES string of the molecule is Cc1cc(C(F)(F)F)cc(C)c1Nc1nccn(-c2ccc(CC/C(=N/N)NN)cc2)c1=O. The Hall–Kier alpha value is -3.86. The highest BCUT2D eigenvalue weighted by Crippen LogP contribution is 2.34. The largest absolute Gasteiger partial charge is 0.416 e. The molecule has 0 bridgehead atoms. The highest BCUT2D eigenvalue weighted by atomic mass is 19.4. The third kappa shape index (κ3) is 5.50. The van der Waals surface area contributed by atoms with E-state index in [1.165, 1.54) is 17.0 Å². The summed E-state index contributed by atoms with van der Waals surface area (Å²) in [5.74, 6) is 11.0. The van der Waals surface area contributed by atoms with E-state index in [4.69, 9.17) is 11.7 Å². The number of nitrogens with one attached hydrogen (secondary N) is 2. The molecule has 0 amide bonds. The second-order valence-corrected chi connectivity index (χ2v) is 7.45. The molecule has 0 aliphatic rings. The van der Waals surface area contributed by atoms with Crippen LogP contribution in [0.1, 0.15) is 28.7 Å². The zero-order valence-electron chi connectivity index (χ0n) is 18.1. The van der Waals surface area contributed by atoms with Crippen LogP contribution in [0.25, 0.3) is 5.69 Å². The molecule has 1 aromatic heterocycles. The first kappa shape index (κ1) is 23.8. The lowest BCUT2D eigenvalue weighted by Gasteiger charge is -2.16. The smallest absolute Gasteiger partial charge is 0.335 e. The molecule has 0 fully saturated rings. The Morgan fingerprint density at radius 2 is 1.79 bits per heavy atom. The molecular formula is C22H24F3N7O. The molecule has 1 heterocycles. The Morgan fingerprint density at radius 1 is 1.15 bits per heavy atom. The quantitative estimate of drug-likeness (QED) is 0.194. The molecule has 174 valence electrons. The van der Waals surface area contributed by atoms with Crippen LogP contribution >= 0.6 is 0 Å². The summed E-state index contributed by atoms with van der Waals surface area (Å²) >= 11 is 0. The summed E-state index contributed by atoms with van der Waals surface area (Å²) < 4.78 is 40.6. The van der Waals surface area contributed by atoms with Crippen molar-refractivity contribution in [2.75, 3.05) is 5.32 Å². The van der Waals surface area contributed by atoms with Gasteiger partial charge in [0.1, 0.15) is 5.84 Å². The second kappa shape index (κ2) is 9.74. The molecule has 0 unspecified atom stereocenters. The number of nitrogens with zero attached hydrogens (tertiary/aromatic N) is 3. The summed E-state index contributed by atoms with van der Waals surface area (Å²) in [4.78, 5) is 17.1. The van der Waals surface area contributed by atoms with Crippen LogP contribution in [0.3, 0.4) is 0 Å². The molecule has 3 rings (SSSR count). The van der Waals surface area contributed by atoms with Crippen molar-refractivity contribution < 1.29 is 13.2 Å². The van der Waals surface area contributed by atoms with Crippen LogP contribution < -0.4 is 28.0 Å². The summed E-state index contributed by atoms with van der Waals surface area (Å²) in [5.41, 5.74) is 3.97. The fourth-order valence-electron chi connectivity index (χ4n) is 3.40. The molecule has 0 saturated heterocycles. The molecule has 0 radical (unpaired) electrons. The van der Waals surface area contributed by atoms with Gasteiger partial charge in [-0.25, -0.2) is 10.8 Å². The number of aromatic nitrogens is 2. The molecule has 6 N–H and O–H groups in total. The molecule has 3 aromatic rings. The number of hydrogen-bond acceptors (Lipinski definition) is 6. The fourth-order valence-corrected chi connectivity index (χ4v) is 3.40. The number of benzene rings is 2. The number of hydrogen-bond donors (Lipinski definition) is 4. The lowest BCUT2D eigenvalue weighted by atomic mass is 10.0. The molecule has 8 nitrogen and oxygen atoms in total. The predicted octanol–water partition coefficient (Wildman–Crippen LogP) is 3.28. The standard InChI is InChI=1S/C22H24F3N7O/c1-13-11-16(22(23,24)25)12-14(2)19(13)29-20-21(33)32(10-9-28-20)17-6-3-15(4-7-17)5-8-18(30-26)31-27/h3-4,6-7,9-12H,5,8,26-27H2,1-2H3,(H,28,29)(H,30,31). The van der Waals surface area contributed by atoms with Crippen LogP contribution in [0.5, 0.6) is 0 Å². The van der Waals surface area contributed by atoms with E-state index in [9.17, 15) is 18.0 Å². The van der Waals surface area contributed by atoms with Gasteiger partial charge in [-0.05, 0) is 61.2 Å². The first-order valence-corrected chi connectivity index (χ1v) is 10.00. The van der Waals surface area contributed by atoms with E-state index in [1.807, 2.05) is 12.1 Å². The van der Waals surface area contributed by atoms with Gasteiger partial charge in [0.15, 0.2) is 5.82 Å². The highest BCUT2D eigenvalue weighted by molar-refractivity contribution is 5.81. The van der Waals surface area contributed by atoms with Gasteiger partial charge in [0, 0.05) is 30.2 Å². The lowest BCUT2D eigenvalue weighted by molar-refractivity contribution is -0.137. The van der Waals surface area contributed by atoms with Crippen molar-refractivity contribution in [1.29, 1.82) is 0 Å². The number of anilines is 2. The Labute approximate surface area is 188 Å². The molecule has 0 atom stereocenters. The van der Waals surface area contributed by atoms with Gasteiger partial charge in [0.05, 0.1) is 5.56 Å². The van der Waals surface area contributed by atoms with E-state index in [-0.39, 0.29) is 5.82 Å². The van der Waals surface area contributed by atoms with E-state index < -0.39 is 17.3 Å². The number of hydrazone groups is 1. The summed E-state index contributed by atoms with van der Waals surface area (Å²) in [6.45, 7) is 3.09. The van der Waals surface area contributed by atoms with Gasteiger partial charge in [0.2, 0.25) is 0 Å². The first-order chi connectivity index (χ1) is 15.6. The van der Waals surface area contributed by atoms with Crippen LogP contribution in [-0.2, 0) is 12.6 Å². The van der Waals surface area contributed by atoms with Gasteiger partial charge in [-0.15, -0.1) is 0 Å². The number of hydrazine groups is 1. The molecule has 0 aliphatic carbocycles. The van der Waals surface area contributed by atoms with Gasteiger partial charge in [-0.3, -0.25) is 9.36 Å². The van der Waals surface area contributed by atoms with Crippen LogP contribution in [0, 0.1) is 13.8 Å². The maximum atomic E-state index is 13.1. The Morgan fingerprint density at radius 3 is 2.33 bits per heavy atom. The van der Waals surface area contributed by atoms with Crippen LogP contribution in [-0.4, -0.2) is 15.4 Å². The lowest BCUT2D eigenvalue weighted by Crippen LogP contribution is -2.31. The minimum atomic E-state index is -4.45. The van der Waals surface area contributed by atoms with Crippen molar-refractivity contribution in [3.63, 3.8) is 0 Å². The van der Waals surface area contributed by atoms with E-state index >= 15 is 0 Å². The molecule has 0 saturated carbocycles. The molecule has 11 heteroatoms. The molecule has 0 spiro atoms. The van der Waals surface area contributed by atoms with Crippen molar-refractivity contribution in [1.82, 2.24) is 15.0 Å².